The highest BCUT2D eigenvalue weighted by Crippen LogP contribution is 2.19. The first-order chi connectivity index (χ1) is 14.1. The number of nitrogens with zero attached hydrogens (tertiary/aromatic N) is 1. The molecule has 7 heteroatoms. The summed E-state index contributed by atoms with van der Waals surface area (Å²) in [6.07, 6.45) is 2.35. The fourth-order valence-corrected chi connectivity index (χ4v) is 3.41. The minimum absolute atomic E-state index is 0.0100. The average Bonchev–Trinajstić information content (AvgIpc) is 3.29. The molecule has 1 aliphatic rings. The summed E-state index contributed by atoms with van der Waals surface area (Å²) in [6.45, 7) is 3.62. The number of carbonyl (C=O) groups is 2. The van der Waals surface area contributed by atoms with E-state index in [1.165, 1.54) is 0 Å². The van der Waals surface area contributed by atoms with Crippen molar-refractivity contribution in [3.05, 3.63) is 54.0 Å². The van der Waals surface area contributed by atoms with Gasteiger partial charge < -0.3 is 24.1 Å². The molecule has 29 heavy (non-hydrogen) atoms. The normalized spacial score (nSPS) is 15.7. The van der Waals surface area contributed by atoms with E-state index in [0.717, 1.165) is 17.1 Å². The first-order valence-corrected chi connectivity index (χ1v) is 9.90. The van der Waals surface area contributed by atoms with Gasteiger partial charge in [-0.15, -0.1) is 0 Å². The van der Waals surface area contributed by atoms with E-state index in [4.69, 9.17) is 13.9 Å². The fourth-order valence-electron chi connectivity index (χ4n) is 3.41. The van der Waals surface area contributed by atoms with E-state index in [2.05, 4.69) is 5.32 Å². The molecule has 1 N–H and O–H groups in total. The Morgan fingerprint density at radius 1 is 1.24 bits per heavy atom. The predicted octanol–water partition coefficient (Wildman–Crippen LogP) is 2.75. The summed E-state index contributed by atoms with van der Waals surface area (Å²) in [5, 5.41) is 2.90. The summed E-state index contributed by atoms with van der Waals surface area (Å²) in [7, 11) is 1.62. The molecule has 1 aromatic heterocycles. The topological polar surface area (TPSA) is 81.0 Å². The van der Waals surface area contributed by atoms with Crippen LogP contribution >= 0.6 is 0 Å². The van der Waals surface area contributed by atoms with E-state index >= 15 is 0 Å². The van der Waals surface area contributed by atoms with Crippen LogP contribution in [0.25, 0.3) is 0 Å². The lowest BCUT2D eigenvalue weighted by atomic mass is 9.95. The van der Waals surface area contributed by atoms with Crippen molar-refractivity contribution >= 4 is 11.8 Å². The highest BCUT2D eigenvalue weighted by Gasteiger charge is 2.29. The molecule has 1 saturated heterocycles. The molecule has 2 aromatic rings. The van der Waals surface area contributed by atoms with Crippen molar-refractivity contribution in [3.8, 4) is 5.75 Å². The Kier molecular flexibility index (Phi) is 7.30. The molecule has 2 heterocycles. The SMILES string of the molecule is COc1cccc(COC(C)C(=O)N2CCC(C(=O)NCc3ccco3)CC2)c1. The Labute approximate surface area is 171 Å². The molecule has 3 rings (SSSR count). The van der Waals surface area contributed by atoms with Crippen LogP contribution in [0.5, 0.6) is 5.75 Å². The molecule has 1 unspecified atom stereocenters. The standard InChI is InChI=1S/C22H28N2O5/c1-16(29-15-17-5-3-6-19(13-17)27-2)22(26)24-10-8-18(9-11-24)21(25)23-14-20-7-4-12-28-20/h3-7,12-13,16,18H,8-11,14-15H2,1-2H3,(H,23,25). The summed E-state index contributed by atoms with van der Waals surface area (Å²) in [5.41, 5.74) is 0.955. The Balaban J connectivity index is 1.41. The van der Waals surface area contributed by atoms with Crippen molar-refractivity contribution < 1.29 is 23.5 Å². The summed E-state index contributed by atoms with van der Waals surface area (Å²) < 4.78 is 16.2. The van der Waals surface area contributed by atoms with Crippen LogP contribution in [0, 0.1) is 5.92 Å². The van der Waals surface area contributed by atoms with Gasteiger partial charge in [0.2, 0.25) is 5.91 Å². The molecule has 0 bridgehead atoms. The number of methoxy groups -OCH3 is 1. The number of amides is 2. The van der Waals surface area contributed by atoms with Gasteiger partial charge in [-0.05, 0) is 49.6 Å². The second kappa shape index (κ2) is 10.1. The third-order valence-corrected chi connectivity index (χ3v) is 5.18. The maximum absolute atomic E-state index is 12.7. The van der Waals surface area contributed by atoms with E-state index in [1.54, 1.807) is 31.3 Å². The lowest BCUT2D eigenvalue weighted by molar-refractivity contribution is -0.146. The molecule has 7 nitrogen and oxygen atoms in total. The number of piperidine rings is 1. The van der Waals surface area contributed by atoms with E-state index in [1.807, 2.05) is 30.3 Å². The molecule has 2 amide bonds. The lowest BCUT2D eigenvalue weighted by Gasteiger charge is -2.33. The zero-order valence-electron chi connectivity index (χ0n) is 16.9. The van der Waals surface area contributed by atoms with Gasteiger partial charge in [-0.3, -0.25) is 9.59 Å². The van der Waals surface area contributed by atoms with E-state index in [0.29, 0.717) is 39.1 Å². The molecule has 0 saturated carbocycles. The number of furan rings is 1. The molecule has 156 valence electrons. The van der Waals surface area contributed by atoms with E-state index in [9.17, 15) is 9.59 Å². The molecule has 1 aromatic carbocycles. The van der Waals surface area contributed by atoms with Gasteiger partial charge >= 0.3 is 0 Å². The third-order valence-electron chi connectivity index (χ3n) is 5.18. The Morgan fingerprint density at radius 2 is 2.03 bits per heavy atom. The smallest absolute Gasteiger partial charge is 0.251 e. The van der Waals surface area contributed by atoms with Crippen LogP contribution in [0.1, 0.15) is 31.1 Å². The maximum Gasteiger partial charge on any atom is 0.251 e. The van der Waals surface area contributed by atoms with Crippen LogP contribution in [0.3, 0.4) is 0 Å². The van der Waals surface area contributed by atoms with E-state index < -0.39 is 6.10 Å². The first kappa shape index (κ1) is 20.9. The number of carbonyl (C=O) groups excluding carboxylic acids is 2. The predicted molar refractivity (Wildman–Crippen MR) is 107 cm³/mol. The molecular formula is C22H28N2O5. The Hall–Kier alpha value is -2.80. The zero-order chi connectivity index (χ0) is 20.6. The van der Waals surface area contributed by atoms with Gasteiger partial charge in [0.05, 0.1) is 26.5 Å². The van der Waals surface area contributed by atoms with E-state index in [-0.39, 0.29) is 17.7 Å². The molecule has 0 aliphatic carbocycles. The number of ether oxygens (including phenoxy) is 2. The van der Waals surface area contributed by atoms with Crippen molar-refractivity contribution in [2.75, 3.05) is 20.2 Å². The largest absolute Gasteiger partial charge is 0.497 e. The van der Waals surface area contributed by atoms with Gasteiger partial charge in [-0.1, -0.05) is 12.1 Å². The molecule has 1 aliphatic heterocycles. The minimum atomic E-state index is -0.537. The summed E-state index contributed by atoms with van der Waals surface area (Å²) >= 11 is 0. The van der Waals surface area contributed by atoms with Crippen molar-refractivity contribution in [2.45, 2.75) is 39.0 Å². The quantitative estimate of drug-likeness (QED) is 0.737. The molecule has 0 radical (unpaired) electrons. The average molecular weight is 400 g/mol. The zero-order valence-corrected chi connectivity index (χ0v) is 16.9. The molecule has 0 spiro atoms. The summed E-state index contributed by atoms with van der Waals surface area (Å²) in [6, 6.07) is 11.2. The number of nitrogens with one attached hydrogen (secondary N) is 1. The van der Waals surface area contributed by atoms with Crippen LogP contribution < -0.4 is 10.1 Å². The minimum Gasteiger partial charge on any atom is -0.497 e. The Bertz CT molecular complexity index is 797. The number of hydrogen-bond donors (Lipinski definition) is 1. The van der Waals surface area contributed by atoms with Gasteiger partial charge in [0, 0.05) is 19.0 Å². The number of rotatable bonds is 8. The second-order valence-corrected chi connectivity index (χ2v) is 7.20. The first-order valence-electron chi connectivity index (χ1n) is 9.90. The highest BCUT2D eigenvalue weighted by atomic mass is 16.5. The molecular weight excluding hydrogens is 372 g/mol. The van der Waals surface area contributed by atoms with Gasteiger partial charge in [0.1, 0.15) is 17.6 Å². The maximum atomic E-state index is 12.7. The van der Waals surface area contributed by atoms with Crippen molar-refractivity contribution in [1.82, 2.24) is 10.2 Å². The van der Waals surface area contributed by atoms with Gasteiger partial charge in [0.15, 0.2) is 0 Å². The Morgan fingerprint density at radius 3 is 2.72 bits per heavy atom. The van der Waals surface area contributed by atoms with Gasteiger partial charge in [-0.25, -0.2) is 0 Å². The monoisotopic (exact) mass is 400 g/mol. The van der Waals surface area contributed by atoms with Crippen molar-refractivity contribution in [3.63, 3.8) is 0 Å². The van der Waals surface area contributed by atoms with Crippen LogP contribution in [0.2, 0.25) is 0 Å². The van der Waals surface area contributed by atoms with Crippen LogP contribution in [0.4, 0.5) is 0 Å². The lowest BCUT2D eigenvalue weighted by Crippen LogP contribution is -2.46. The fraction of sp³-hybridized carbons (Fsp3) is 0.455. The molecule has 1 atom stereocenters. The third kappa shape index (κ3) is 5.84. The second-order valence-electron chi connectivity index (χ2n) is 7.20. The number of hydrogen-bond acceptors (Lipinski definition) is 5. The number of likely N-dealkylation sites (tertiary alicyclic amines) is 1. The molecule has 1 fully saturated rings. The summed E-state index contributed by atoms with van der Waals surface area (Å²) in [5.74, 6) is 1.38. The van der Waals surface area contributed by atoms with Crippen molar-refractivity contribution in [1.29, 1.82) is 0 Å². The summed E-state index contributed by atoms with van der Waals surface area (Å²) in [4.78, 5) is 26.8. The van der Waals surface area contributed by atoms with Crippen LogP contribution in [-0.2, 0) is 27.5 Å². The van der Waals surface area contributed by atoms with Gasteiger partial charge in [0.25, 0.3) is 5.91 Å². The van der Waals surface area contributed by atoms with Crippen molar-refractivity contribution in [2.24, 2.45) is 5.92 Å². The number of benzene rings is 1. The van der Waals surface area contributed by atoms with Gasteiger partial charge in [-0.2, -0.15) is 0 Å². The van der Waals surface area contributed by atoms with Crippen LogP contribution in [0.15, 0.2) is 47.1 Å². The van der Waals surface area contributed by atoms with Crippen LogP contribution in [-0.4, -0.2) is 43.0 Å². The highest BCUT2D eigenvalue weighted by molar-refractivity contribution is 5.82.